The van der Waals surface area contributed by atoms with Crippen molar-refractivity contribution in [3.8, 4) is 6.07 Å². The van der Waals surface area contributed by atoms with E-state index in [-0.39, 0.29) is 5.57 Å². The minimum Gasteiger partial charge on any atom is -0.267 e. The van der Waals surface area contributed by atoms with Gasteiger partial charge in [0.1, 0.15) is 11.6 Å². The molecule has 2 amide bonds. The molecule has 2 rings (SSSR count). The molecule has 2 N–H and O–H groups in total. The first-order valence-corrected chi connectivity index (χ1v) is 6.38. The monoisotopic (exact) mass is 292 g/mol. The molecule has 0 spiro atoms. The topological polar surface area (TPSA) is 94.9 Å². The number of hydrogen-bond donors (Lipinski definition) is 2. The second kappa shape index (κ2) is 7.36. The fraction of sp³-hybridized carbons (Fsp3) is 0. The second-order valence-corrected chi connectivity index (χ2v) is 4.23. The van der Waals surface area contributed by atoms with Crippen LogP contribution in [0.25, 0.3) is 6.08 Å². The molecule has 0 atom stereocenters. The van der Waals surface area contributed by atoms with E-state index in [1.807, 2.05) is 6.07 Å². The van der Waals surface area contributed by atoms with Crippen molar-refractivity contribution in [1.82, 2.24) is 15.8 Å². The molecule has 1 aromatic carbocycles. The molecule has 0 radical (unpaired) electrons. The van der Waals surface area contributed by atoms with Crippen molar-refractivity contribution in [3.63, 3.8) is 0 Å². The van der Waals surface area contributed by atoms with Crippen molar-refractivity contribution < 1.29 is 9.59 Å². The zero-order valence-electron chi connectivity index (χ0n) is 11.5. The average Bonchev–Trinajstić information content (AvgIpc) is 2.59. The third-order valence-corrected chi connectivity index (χ3v) is 2.69. The van der Waals surface area contributed by atoms with Crippen LogP contribution < -0.4 is 10.9 Å². The Morgan fingerprint density at radius 2 is 1.86 bits per heavy atom. The summed E-state index contributed by atoms with van der Waals surface area (Å²) >= 11 is 0. The van der Waals surface area contributed by atoms with Gasteiger partial charge in [0.2, 0.25) is 0 Å². The molecule has 22 heavy (non-hydrogen) atoms. The van der Waals surface area contributed by atoms with E-state index >= 15 is 0 Å². The van der Waals surface area contributed by atoms with Gasteiger partial charge in [-0.15, -0.1) is 0 Å². The molecule has 0 bridgehead atoms. The Balaban J connectivity index is 2.01. The Bertz CT molecular complexity index is 734. The number of amides is 2. The molecule has 0 aliphatic carbocycles. The molecule has 0 saturated carbocycles. The van der Waals surface area contributed by atoms with Crippen LogP contribution in [0.5, 0.6) is 0 Å². The maximum Gasteiger partial charge on any atom is 0.280 e. The number of hydrazine groups is 1. The highest BCUT2D eigenvalue weighted by Crippen LogP contribution is 2.05. The summed E-state index contributed by atoms with van der Waals surface area (Å²) in [5.41, 5.74) is 5.33. The van der Waals surface area contributed by atoms with E-state index in [4.69, 9.17) is 5.26 Å². The van der Waals surface area contributed by atoms with Gasteiger partial charge in [0.15, 0.2) is 0 Å². The number of nitrogens with zero attached hydrogens (tertiary/aromatic N) is 2. The maximum atomic E-state index is 11.9. The second-order valence-electron chi connectivity index (χ2n) is 4.23. The van der Waals surface area contributed by atoms with Crippen molar-refractivity contribution in [2.24, 2.45) is 0 Å². The Morgan fingerprint density at radius 1 is 1.09 bits per heavy atom. The highest BCUT2D eigenvalue weighted by Gasteiger charge is 2.11. The van der Waals surface area contributed by atoms with Crippen molar-refractivity contribution in [2.45, 2.75) is 0 Å². The minimum absolute atomic E-state index is 0.113. The van der Waals surface area contributed by atoms with Crippen molar-refractivity contribution in [2.75, 3.05) is 0 Å². The van der Waals surface area contributed by atoms with Crippen LogP contribution in [-0.4, -0.2) is 16.8 Å². The van der Waals surface area contributed by atoms with Gasteiger partial charge < -0.3 is 0 Å². The smallest absolute Gasteiger partial charge is 0.267 e. The van der Waals surface area contributed by atoms with E-state index in [9.17, 15) is 9.59 Å². The maximum absolute atomic E-state index is 11.9. The molecule has 0 saturated heterocycles. The number of benzene rings is 1. The number of aromatic nitrogens is 1. The molecule has 2 aromatic rings. The lowest BCUT2D eigenvalue weighted by Crippen LogP contribution is -2.42. The number of nitriles is 1. The predicted molar refractivity (Wildman–Crippen MR) is 79.9 cm³/mol. The van der Waals surface area contributed by atoms with Crippen LogP contribution >= 0.6 is 0 Å². The molecular weight excluding hydrogens is 280 g/mol. The SMILES string of the molecule is N#C/C(=C/c1ccccc1)C(=O)NNC(=O)c1cccnc1. The van der Waals surface area contributed by atoms with Crippen LogP contribution in [0.1, 0.15) is 15.9 Å². The van der Waals surface area contributed by atoms with Gasteiger partial charge >= 0.3 is 0 Å². The number of pyridine rings is 1. The molecule has 1 heterocycles. The summed E-state index contributed by atoms with van der Waals surface area (Å²) in [4.78, 5) is 27.4. The van der Waals surface area contributed by atoms with Gasteiger partial charge in [-0.2, -0.15) is 5.26 Å². The standard InChI is InChI=1S/C16H12N4O2/c17-10-14(9-12-5-2-1-3-6-12)16(22)20-19-15(21)13-7-4-8-18-11-13/h1-9,11H,(H,19,21)(H,20,22)/b14-9-. The highest BCUT2D eigenvalue weighted by atomic mass is 16.2. The number of carbonyl (C=O) groups excluding carboxylic acids is 2. The van der Waals surface area contributed by atoms with Crippen molar-refractivity contribution in [1.29, 1.82) is 5.26 Å². The number of hydrogen-bond acceptors (Lipinski definition) is 4. The number of nitrogens with one attached hydrogen (secondary N) is 2. The van der Waals surface area contributed by atoms with Crippen LogP contribution in [0.15, 0.2) is 60.4 Å². The molecular formula is C16H12N4O2. The van der Waals surface area contributed by atoms with Crippen LogP contribution in [0.2, 0.25) is 0 Å². The van der Waals surface area contributed by atoms with E-state index in [1.54, 1.807) is 42.5 Å². The first-order chi connectivity index (χ1) is 10.7. The normalized spacial score (nSPS) is 10.4. The lowest BCUT2D eigenvalue weighted by atomic mass is 10.1. The first kappa shape index (κ1) is 14.9. The Hall–Kier alpha value is -3.46. The molecule has 0 aliphatic rings. The van der Waals surface area contributed by atoms with Crippen LogP contribution in [0, 0.1) is 11.3 Å². The highest BCUT2D eigenvalue weighted by molar-refractivity contribution is 6.03. The molecule has 6 heteroatoms. The largest absolute Gasteiger partial charge is 0.280 e. The Morgan fingerprint density at radius 3 is 2.50 bits per heavy atom. The molecule has 0 fully saturated rings. The van der Waals surface area contributed by atoms with E-state index in [1.165, 1.54) is 18.5 Å². The molecule has 6 nitrogen and oxygen atoms in total. The Kier molecular flexibility index (Phi) is 5.00. The van der Waals surface area contributed by atoms with Gasteiger partial charge in [0, 0.05) is 12.4 Å². The van der Waals surface area contributed by atoms with E-state index < -0.39 is 11.8 Å². The van der Waals surface area contributed by atoms with Crippen molar-refractivity contribution >= 4 is 17.9 Å². The summed E-state index contributed by atoms with van der Waals surface area (Å²) < 4.78 is 0. The van der Waals surface area contributed by atoms with Gasteiger partial charge in [-0.3, -0.25) is 25.4 Å². The summed E-state index contributed by atoms with van der Waals surface area (Å²) in [6, 6.07) is 13.9. The Labute approximate surface area is 127 Å². The van der Waals surface area contributed by atoms with Gasteiger partial charge in [0.05, 0.1) is 5.56 Å². The number of carbonyl (C=O) groups is 2. The van der Waals surface area contributed by atoms with E-state index in [0.717, 1.165) is 0 Å². The van der Waals surface area contributed by atoms with Crippen LogP contribution in [0.4, 0.5) is 0 Å². The lowest BCUT2D eigenvalue weighted by molar-refractivity contribution is -0.117. The summed E-state index contributed by atoms with van der Waals surface area (Å²) in [5.74, 6) is -1.21. The lowest BCUT2D eigenvalue weighted by Gasteiger charge is -2.06. The predicted octanol–water partition coefficient (Wildman–Crippen LogP) is 1.45. The number of rotatable bonds is 3. The molecule has 1 aromatic heterocycles. The average molecular weight is 292 g/mol. The zero-order chi connectivity index (χ0) is 15.8. The first-order valence-electron chi connectivity index (χ1n) is 6.38. The van der Waals surface area contributed by atoms with Crippen LogP contribution in [0.3, 0.4) is 0 Å². The zero-order valence-corrected chi connectivity index (χ0v) is 11.5. The fourth-order valence-electron chi connectivity index (χ4n) is 1.61. The van der Waals surface area contributed by atoms with Gasteiger partial charge in [-0.1, -0.05) is 30.3 Å². The van der Waals surface area contributed by atoms with E-state index in [2.05, 4.69) is 15.8 Å². The van der Waals surface area contributed by atoms with E-state index in [0.29, 0.717) is 11.1 Å². The molecule has 0 aliphatic heterocycles. The molecule has 0 unspecified atom stereocenters. The third kappa shape index (κ3) is 4.02. The summed E-state index contributed by atoms with van der Waals surface area (Å²) in [6.07, 6.45) is 4.34. The van der Waals surface area contributed by atoms with Gasteiger partial charge in [0.25, 0.3) is 11.8 Å². The summed E-state index contributed by atoms with van der Waals surface area (Å²) in [5, 5.41) is 9.04. The molecule has 108 valence electrons. The fourth-order valence-corrected chi connectivity index (χ4v) is 1.61. The van der Waals surface area contributed by atoms with Gasteiger partial charge in [-0.05, 0) is 23.8 Å². The third-order valence-electron chi connectivity index (χ3n) is 2.69. The van der Waals surface area contributed by atoms with Crippen molar-refractivity contribution in [3.05, 3.63) is 71.6 Å². The quantitative estimate of drug-likeness (QED) is 0.508. The summed E-state index contributed by atoms with van der Waals surface area (Å²) in [7, 11) is 0. The summed E-state index contributed by atoms with van der Waals surface area (Å²) in [6.45, 7) is 0. The van der Waals surface area contributed by atoms with Crippen LogP contribution in [-0.2, 0) is 4.79 Å². The van der Waals surface area contributed by atoms with Gasteiger partial charge in [-0.25, -0.2) is 0 Å². The minimum atomic E-state index is -0.691.